The van der Waals surface area contributed by atoms with Gasteiger partial charge in [-0.1, -0.05) is 33.6 Å². The fourth-order valence-corrected chi connectivity index (χ4v) is 2.23. The van der Waals surface area contributed by atoms with Crippen LogP contribution in [0.1, 0.15) is 46.5 Å². The average molecular weight is 192 g/mol. The van der Waals surface area contributed by atoms with Crippen LogP contribution < -0.4 is 5.73 Å². The van der Waals surface area contributed by atoms with Crippen LogP contribution in [0.25, 0.3) is 0 Å². The minimum absolute atomic E-state index is 0. The molecule has 1 aliphatic carbocycles. The number of rotatable bonds is 0. The van der Waals surface area contributed by atoms with E-state index in [9.17, 15) is 0 Å². The Labute approximate surface area is 82.5 Å². The topological polar surface area (TPSA) is 26.0 Å². The highest BCUT2D eigenvalue weighted by Gasteiger charge is 2.31. The molecular formula is C10H22ClN. The summed E-state index contributed by atoms with van der Waals surface area (Å²) in [4.78, 5) is 0. The Morgan fingerprint density at radius 2 is 1.58 bits per heavy atom. The maximum Gasteiger partial charge on any atom is 0.00721 e. The molecule has 0 aliphatic heterocycles. The molecule has 0 aromatic carbocycles. The van der Waals surface area contributed by atoms with Gasteiger partial charge in [-0.3, -0.25) is 0 Å². The van der Waals surface area contributed by atoms with E-state index in [1.807, 2.05) is 0 Å². The normalized spacial score (nSPS) is 31.0. The van der Waals surface area contributed by atoms with Gasteiger partial charge in [-0.2, -0.15) is 0 Å². The third-order valence-corrected chi connectivity index (χ3v) is 2.93. The van der Waals surface area contributed by atoms with Crippen molar-refractivity contribution in [2.75, 3.05) is 0 Å². The Morgan fingerprint density at radius 3 is 1.92 bits per heavy atom. The van der Waals surface area contributed by atoms with E-state index in [0.29, 0.717) is 11.5 Å². The number of halogens is 1. The zero-order valence-electron chi connectivity index (χ0n) is 8.47. The molecule has 0 aromatic heterocycles. The van der Waals surface area contributed by atoms with E-state index >= 15 is 0 Å². The maximum atomic E-state index is 6.07. The molecule has 12 heavy (non-hydrogen) atoms. The number of hydrogen-bond acceptors (Lipinski definition) is 1. The lowest BCUT2D eigenvalue weighted by Gasteiger charge is -2.38. The summed E-state index contributed by atoms with van der Waals surface area (Å²) in [5.41, 5.74) is 6.48. The first-order valence-electron chi connectivity index (χ1n) is 4.77. The Hall–Kier alpha value is 0.250. The van der Waals surface area contributed by atoms with Crippen LogP contribution in [0.2, 0.25) is 0 Å². The molecule has 1 aliphatic rings. The van der Waals surface area contributed by atoms with Gasteiger partial charge in [-0.15, -0.1) is 12.4 Å². The van der Waals surface area contributed by atoms with E-state index in [4.69, 9.17) is 5.73 Å². The minimum Gasteiger partial charge on any atom is -0.327 e. The molecule has 1 fully saturated rings. The Morgan fingerprint density at radius 1 is 1.08 bits per heavy atom. The van der Waals surface area contributed by atoms with Crippen molar-refractivity contribution in [3.63, 3.8) is 0 Å². The standard InChI is InChI=1S/C10H21N.ClH/c1-10(2,3)8-6-4-5-7-9(8)11;/h8-9H,4-7,11H2,1-3H3;1H. The van der Waals surface area contributed by atoms with Crippen molar-refractivity contribution in [2.45, 2.75) is 52.5 Å². The second-order valence-corrected chi connectivity index (χ2v) is 4.92. The molecule has 74 valence electrons. The van der Waals surface area contributed by atoms with Crippen LogP contribution in [0.4, 0.5) is 0 Å². The van der Waals surface area contributed by atoms with E-state index in [1.165, 1.54) is 25.7 Å². The summed E-state index contributed by atoms with van der Waals surface area (Å²) in [5, 5.41) is 0. The van der Waals surface area contributed by atoms with Crippen LogP contribution in [0.15, 0.2) is 0 Å². The fourth-order valence-electron chi connectivity index (χ4n) is 2.23. The fraction of sp³-hybridized carbons (Fsp3) is 1.00. The quantitative estimate of drug-likeness (QED) is 0.626. The van der Waals surface area contributed by atoms with Crippen molar-refractivity contribution in [2.24, 2.45) is 17.1 Å². The molecule has 0 heterocycles. The summed E-state index contributed by atoms with van der Waals surface area (Å²) in [6.45, 7) is 6.93. The van der Waals surface area contributed by atoms with Gasteiger partial charge >= 0.3 is 0 Å². The van der Waals surface area contributed by atoms with Crippen molar-refractivity contribution in [3.8, 4) is 0 Å². The smallest absolute Gasteiger partial charge is 0.00721 e. The van der Waals surface area contributed by atoms with E-state index in [0.717, 1.165) is 5.92 Å². The van der Waals surface area contributed by atoms with Crippen molar-refractivity contribution >= 4 is 12.4 Å². The molecule has 2 unspecified atom stereocenters. The molecule has 1 saturated carbocycles. The summed E-state index contributed by atoms with van der Waals surface area (Å²) in [6, 6.07) is 0.462. The second-order valence-electron chi connectivity index (χ2n) is 4.92. The van der Waals surface area contributed by atoms with E-state index in [1.54, 1.807) is 0 Å². The Balaban J connectivity index is 0.00000121. The molecular weight excluding hydrogens is 170 g/mol. The van der Waals surface area contributed by atoms with Gasteiger partial charge in [-0.05, 0) is 24.2 Å². The predicted octanol–water partition coefficient (Wildman–Crippen LogP) is 2.97. The zero-order valence-corrected chi connectivity index (χ0v) is 9.29. The summed E-state index contributed by atoms with van der Waals surface area (Å²) in [6.07, 6.45) is 5.30. The van der Waals surface area contributed by atoms with Crippen LogP contribution in [0, 0.1) is 11.3 Å². The third-order valence-electron chi connectivity index (χ3n) is 2.93. The number of nitrogens with two attached hydrogens (primary N) is 1. The van der Waals surface area contributed by atoms with Gasteiger partial charge in [0.1, 0.15) is 0 Å². The van der Waals surface area contributed by atoms with Crippen molar-refractivity contribution < 1.29 is 0 Å². The highest BCUT2D eigenvalue weighted by atomic mass is 35.5. The molecule has 0 radical (unpaired) electrons. The van der Waals surface area contributed by atoms with E-state index in [2.05, 4.69) is 20.8 Å². The highest BCUT2D eigenvalue weighted by Crippen LogP contribution is 2.36. The average Bonchev–Trinajstić information content (AvgIpc) is 1.86. The molecule has 2 N–H and O–H groups in total. The molecule has 0 amide bonds. The van der Waals surface area contributed by atoms with Crippen LogP contribution in [0.3, 0.4) is 0 Å². The first kappa shape index (κ1) is 12.2. The summed E-state index contributed by atoms with van der Waals surface area (Å²) >= 11 is 0. The summed E-state index contributed by atoms with van der Waals surface area (Å²) in [5.74, 6) is 0.747. The van der Waals surface area contributed by atoms with Crippen LogP contribution in [-0.4, -0.2) is 6.04 Å². The molecule has 2 atom stereocenters. The van der Waals surface area contributed by atoms with Gasteiger partial charge in [0.2, 0.25) is 0 Å². The van der Waals surface area contributed by atoms with Gasteiger partial charge in [0, 0.05) is 6.04 Å². The largest absolute Gasteiger partial charge is 0.327 e. The molecule has 1 rings (SSSR count). The lowest BCUT2D eigenvalue weighted by molar-refractivity contribution is 0.153. The van der Waals surface area contributed by atoms with Gasteiger partial charge in [0.15, 0.2) is 0 Å². The molecule has 0 bridgehead atoms. The van der Waals surface area contributed by atoms with Gasteiger partial charge < -0.3 is 5.73 Å². The summed E-state index contributed by atoms with van der Waals surface area (Å²) < 4.78 is 0. The maximum absolute atomic E-state index is 6.07. The monoisotopic (exact) mass is 191 g/mol. The predicted molar refractivity (Wildman–Crippen MR) is 56.6 cm³/mol. The SMILES string of the molecule is CC(C)(C)C1CCCCC1N.Cl. The van der Waals surface area contributed by atoms with E-state index < -0.39 is 0 Å². The van der Waals surface area contributed by atoms with Crippen LogP contribution >= 0.6 is 12.4 Å². The summed E-state index contributed by atoms with van der Waals surface area (Å²) in [7, 11) is 0. The van der Waals surface area contributed by atoms with Gasteiger partial charge in [0.25, 0.3) is 0 Å². The second kappa shape index (κ2) is 4.48. The van der Waals surface area contributed by atoms with Gasteiger partial charge in [-0.25, -0.2) is 0 Å². The Kier molecular flexibility index (Phi) is 4.57. The van der Waals surface area contributed by atoms with Crippen molar-refractivity contribution in [1.82, 2.24) is 0 Å². The van der Waals surface area contributed by atoms with Crippen LogP contribution in [0.5, 0.6) is 0 Å². The van der Waals surface area contributed by atoms with E-state index in [-0.39, 0.29) is 12.4 Å². The van der Waals surface area contributed by atoms with Crippen molar-refractivity contribution in [3.05, 3.63) is 0 Å². The minimum atomic E-state index is 0. The molecule has 2 heteroatoms. The number of hydrogen-bond donors (Lipinski definition) is 1. The lowest BCUT2D eigenvalue weighted by atomic mass is 9.70. The van der Waals surface area contributed by atoms with Crippen molar-refractivity contribution in [1.29, 1.82) is 0 Å². The first-order chi connectivity index (χ1) is 5.02. The third kappa shape index (κ3) is 2.95. The lowest BCUT2D eigenvalue weighted by Crippen LogP contribution is -2.40. The molecule has 1 nitrogen and oxygen atoms in total. The molecule has 0 saturated heterocycles. The zero-order chi connectivity index (χ0) is 8.48. The van der Waals surface area contributed by atoms with Gasteiger partial charge in [0.05, 0.1) is 0 Å². The highest BCUT2D eigenvalue weighted by molar-refractivity contribution is 5.85. The van der Waals surface area contributed by atoms with Crippen LogP contribution in [-0.2, 0) is 0 Å². The molecule has 0 aromatic rings. The molecule has 0 spiro atoms. The Bertz CT molecular complexity index is 128. The first-order valence-corrected chi connectivity index (χ1v) is 4.77.